The van der Waals surface area contributed by atoms with Crippen molar-refractivity contribution in [2.24, 2.45) is 0 Å². The largest absolute Gasteiger partial charge is 0.495 e. The van der Waals surface area contributed by atoms with Crippen LogP contribution in [0.5, 0.6) is 5.75 Å². The third-order valence-corrected chi connectivity index (χ3v) is 4.34. The van der Waals surface area contributed by atoms with E-state index in [1.54, 1.807) is 24.3 Å². The SMILES string of the molecule is CCCCn1nc(C(=O)OCc2nc(CC(=O)Nc3ccccc3OC)no2)ccc1=O. The number of amides is 1. The Labute approximate surface area is 183 Å². The van der Waals surface area contributed by atoms with Crippen molar-refractivity contribution < 1.29 is 23.6 Å². The minimum absolute atomic E-state index is 0.00312. The van der Waals surface area contributed by atoms with Gasteiger partial charge in [0, 0.05) is 12.6 Å². The zero-order valence-corrected chi connectivity index (χ0v) is 17.7. The molecule has 0 aliphatic rings. The normalized spacial score (nSPS) is 10.6. The summed E-state index contributed by atoms with van der Waals surface area (Å²) in [6.45, 7) is 2.11. The third kappa shape index (κ3) is 6.00. The Morgan fingerprint density at radius 3 is 2.78 bits per heavy atom. The summed E-state index contributed by atoms with van der Waals surface area (Å²) in [5.74, 6) is -0.412. The Kier molecular flexibility index (Phi) is 7.68. The zero-order chi connectivity index (χ0) is 22.9. The fourth-order valence-electron chi connectivity index (χ4n) is 2.73. The van der Waals surface area contributed by atoms with Gasteiger partial charge in [-0.15, -0.1) is 0 Å². The lowest BCUT2D eigenvalue weighted by Crippen LogP contribution is -2.25. The molecule has 11 nitrogen and oxygen atoms in total. The van der Waals surface area contributed by atoms with Crippen molar-refractivity contribution in [2.75, 3.05) is 12.4 Å². The lowest BCUT2D eigenvalue weighted by Gasteiger charge is -2.08. The summed E-state index contributed by atoms with van der Waals surface area (Å²) >= 11 is 0. The predicted molar refractivity (Wildman–Crippen MR) is 112 cm³/mol. The van der Waals surface area contributed by atoms with Crippen LogP contribution in [-0.2, 0) is 29.1 Å². The first-order chi connectivity index (χ1) is 15.5. The van der Waals surface area contributed by atoms with Crippen LogP contribution >= 0.6 is 0 Å². The molecule has 2 aromatic heterocycles. The molecule has 0 spiro atoms. The molecule has 0 radical (unpaired) electrons. The molecule has 0 aliphatic carbocycles. The molecule has 1 aromatic carbocycles. The Morgan fingerprint density at radius 1 is 1.19 bits per heavy atom. The molecule has 1 amide bonds. The van der Waals surface area contributed by atoms with Crippen molar-refractivity contribution in [3.8, 4) is 5.75 Å². The average Bonchev–Trinajstić information content (AvgIpc) is 3.24. The van der Waals surface area contributed by atoms with E-state index in [1.165, 1.54) is 23.9 Å². The number of hydrogen-bond acceptors (Lipinski definition) is 9. The van der Waals surface area contributed by atoms with Crippen LogP contribution in [0, 0.1) is 0 Å². The molecule has 0 bridgehead atoms. The lowest BCUT2D eigenvalue weighted by atomic mass is 10.2. The first-order valence-corrected chi connectivity index (χ1v) is 9.99. The third-order valence-electron chi connectivity index (χ3n) is 4.34. The second-order valence-corrected chi connectivity index (χ2v) is 6.74. The number of aryl methyl sites for hydroxylation is 1. The van der Waals surface area contributed by atoms with Gasteiger partial charge in [-0.25, -0.2) is 9.48 Å². The molecule has 3 rings (SSSR count). The number of anilines is 1. The molecule has 1 N–H and O–H groups in total. The molecule has 32 heavy (non-hydrogen) atoms. The quantitative estimate of drug-likeness (QED) is 0.468. The number of nitrogens with zero attached hydrogens (tertiary/aromatic N) is 4. The second-order valence-electron chi connectivity index (χ2n) is 6.74. The molecular weight excluding hydrogens is 418 g/mol. The minimum atomic E-state index is -0.732. The van der Waals surface area contributed by atoms with Crippen LogP contribution in [0.4, 0.5) is 5.69 Å². The maximum Gasteiger partial charge on any atom is 0.359 e. The summed E-state index contributed by atoms with van der Waals surface area (Å²) in [4.78, 5) is 40.3. The summed E-state index contributed by atoms with van der Waals surface area (Å²) < 4.78 is 16.6. The highest BCUT2D eigenvalue weighted by Gasteiger charge is 2.16. The van der Waals surface area contributed by atoms with Crippen LogP contribution in [0.1, 0.15) is 42.0 Å². The number of carbonyl (C=O) groups is 2. The van der Waals surface area contributed by atoms with Crippen molar-refractivity contribution >= 4 is 17.6 Å². The molecule has 0 saturated heterocycles. The van der Waals surface area contributed by atoms with Crippen LogP contribution in [0.25, 0.3) is 0 Å². The van der Waals surface area contributed by atoms with Crippen LogP contribution in [0.15, 0.2) is 45.7 Å². The number of benzene rings is 1. The van der Waals surface area contributed by atoms with E-state index in [0.29, 0.717) is 18.0 Å². The standard InChI is InChI=1S/C21H23N5O6/c1-3-4-11-26-20(28)10-9-15(24-26)21(29)31-13-19-23-17(25-32-19)12-18(27)22-14-7-5-6-8-16(14)30-2/h5-10H,3-4,11-13H2,1-2H3,(H,22,27). The fourth-order valence-corrected chi connectivity index (χ4v) is 2.73. The molecule has 2 heterocycles. The molecule has 168 valence electrons. The van der Waals surface area contributed by atoms with Crippen molar-refractivity contribution in [3.63, 3.8) is 0 Å². The van der Waals surface area contributed by atoms with Gasteiger partial charge in [0.25, 0.3) is 11.4 Å². The van der Waals surface area contributed by atoms with E-state index in [-0.39, 0.29) is 41.9 Å². The van der Waals surface area contributed by atoms with Gasteiger partial charge in [0.05, 0.1) is 19.2 Å². The number of ether oxygens (including phenoxy) is 2. The second kappa shape index (κ2) is 10.8. The Balaban J connectivity index is 1.54. The highest BCUT2D eigenvalue weighted by molar-refractivity contribution is 5.93. The fraction of sp³-hybridized carbons (Fsp3) is 0.333. The van der Waals surface area contributed by atoms with Gasteiger partial charge in [-0.3, -0.25) is 9.59 Å². The molecule has 0 saturated carbocycles. The predicted octanol–water partition coefficient (Wildman–Crippen LogP) is 1.97. The van der Waals surface area contributed by atoms with Crippen LogP contribution in [-0.4, -0.2) is 38.9 Å². The minimum Gasteiger partial charge on any atom is -0.495 e. The molecule has 0 unspecified atom stereocenters. The maximum absolute atomic E-state index is 12.2. The average molecular weight is 441 g/mol. The first-order valence-electron chi connectivity index (χ1n) is 9.99. The van der Waals surface area contributed by atoms with E-state index < -0.39 is 5.97 Å². The number of aromatic nitrogens is 4. The van der Waals surface area contributed by atoms with Crippen LogP contribution in [0.2, 0.25) is 0 Å². The summed E-state index contributed by atoms with van der Waals surface area (Å²) in [5, 5.41) is 10.4. The molecular formula is C21H23N5O6. The smallest absolute Gasteiger partial charge is 0.359 e. The molecule has 0 aliphatic heterocycles. The van der Waals surface area contributed by atoms with Gasteiger partial charge in [-0.2, -0.15) is 10.1 Å². The number of unbranched alkanes of at least 4 members (excludes halogenated alkanes) is 1. The number of nitrogens with one attached hydrogen (secondary N) is 1. The summed E-state index contributed by atoms with van der Waals surface area (Å²) in [5.41, 5.74) is 0.227. The van der Waals surface area contributed by atoms with Crippen LogP contribution in [0.3, 0.4) is 0 Å². The van der Waals surface area contributed by atoms with E-state index in [2.05, 4.69) is 20.6 Å². The zero-order valence-electron chi connectivity index (χ0n) is 17.7. The van der Waals surface area contributed by atoms with Gasteiger partial charge in [-0.05, 0) is 24.6 Å². The van der Waals surface area contributed by atoms with E-state index in [9.17, 15) is 14.4 Å². The molecule has 0 atom stereocenters. The topological polar surface area (TPSA) is 138 Å². The molecule has 0 fully saturated rings. The lowest BCUT2D eigenvalue weighted by molar-refractivity contribution is -0.115. The highest BCUT2D eigenvalue weighted by atomic mass is 16.6. The highest BCUT2D eigenvalue weighted by Crippen LogP contribution is 2.23. The van der Waals surface area contributed by atoms with Crippen molar-refractivity contribution in [2.45, 2.75) is 39.3 Å². The van der Waals surface area contributed by atoms with E-state index in [4.69, 9.17) is 14.0 Å². The maximum atomic E-state index is 12.2. The van der Waals surface area contributed by atoms with Crippen LogP contribution < -0.4 is 15.6 Å². The van der Waals surface area contributed by atoms with Gasteiger partial charge in [-0.1, -0.05) is 30.6 Å². The Bertz CT molecular complexity index is 1140. The number of esters is 1. The molecule has 11 heteroatoms. The monoisotopic (exact) mass is 441 g/mol. The number of carbonyl (C=O) groups excluding carboxylic acids is 2. The van der Waals surface area contributed by atoms with E-state index >= 15 is 0 Å². The molecule has 3 aromatic rings. The van der Waals surface area contributed by atoms with E-state index in [0.717, 1.165) is 12.8 Å². The van der Waals surface area contributed by atoms with E-state index in [1.807, 2.05) is 6.92 Å². The van der Waals surface area contributed by atoms with Gasteiger partial charge >= 0.3 is 5.97 Å². The summed E-state index contributed by atoms with van der Waals surface area (Å²) in [7, 11) is 1.51. The van der Waals surface area contributed by atoms with Gasteiger partial charge in [0.2, 0.25) is 5.91 Å². The number of hydrogen-bond donors (Lipinski definition) is 1. The summed E-state index contributed by atoms with van der Waals surface area (Å²) in [6, 6.07) is 9.55. The van der Waals surface area contributed by atoms with Gasteiger partial charge in [0.1, 0.15) is 5.75 Å². The Morgan fingerprint density at radius 2 is 2.00 bits per heavy atom. The Hall–Kier alpha value is -4.02. The number of para-hydroxylation sites is 2. The van der Waals surface area contributed by atoms with Gasteiger partial charge in [0.15, 0.2) is 18.1 Å². The van der Waals surface area contributed by atoms with Gasteiger partial charge < -0.3 is 19.3 Å². The summed E-state index contributed by atoms with van der Waals surface area (Å²) in [6.07, 6.45) is 1.51. The van der Waals surface area contributed by atoms with Crippen molar-refractivity contribution in [3.05, 3.63) is 64.2 Å². The number of methoxy groups -OCH3 is 1. The van der Waals surface area contributed by atoms with Crippen molar-refractivity contribution in [1.29, 1.82) is 0 Å². The van der Waals surface area contributed by atoms with Crippen molar-refractivity contribution in [1.82, 2.24) is 19.9 Å². The number of rotatable bonds is 10. The first kappa shape index (κ1) is 22.7.